The molecule has 0 fully saturated rings. The maximum Gasteiger partial charge on any atom is 0.246 e. The summed E-state index contributed by atoms with van der Waals surface area (Å²) in [7, 11) is 1.60. The molecule has 0 spiro atoms. The zero-order valence-corrected chi connectivity index (χ0v) is 18.6. The van der Waals surface area contributed by atoms with Gasteiger partial charge in [0.05, 0.1) is 18.8 Å². The number of carbonyl (C=O) groups excluding carboxylic acids is 2. The summed E-state index contributed by atoms with van der Waals surface area (Å²) in [5.74, 6) is -0.517. The van der Waals surface area contributed by atoms with Crippen LogP contribution in [0, 0.1) is 13.8 Å². The lowest BCUT2D eigenvalue weighted by Crippen LogP contribution is -2.33. The van der Waals surface area contributed by atoms with Gasteiger partial charge in [0, 0.05) is 35.1 Å². The number of benzene rings is 2. The molecule has 0 radical (unpaired) electrons. The van der Waals surface area contributed by atoms with Gasteiger partial charge in [-0.05, 0) is 43.7 Å². The molecule has 0 unspecified atom stereocenters. The Morgan fingerprint density at radius 2 is 1.77 bits per heavy atom. The molecule has 3 rings (SSSR count). The van der Waals surface area contributed by atoms with Crippen molar-refractivity contribution in [1.82, 2.24) is 14.7 Å². The first kappa shape index (κ1) is 22.3. The van der Waals surface area contributed by atoms with Crippen LogP contribution in [0.1, 0.15) is 22.5 Å². The highest BCUT2D eigenvalue weighted by molar-refractivity contribution is 6.31. The number of anilines is 1. The molecule has 2 amide bonds. The van der Waals surface area contributed by atoms with Crippen molar-refractivity contribution in [2.45, 2.75) is 20.4 Å². The van der Waals surface area contributed by atoms with E-state index in [1.54, 1.807) is 25.3 Å². The SMILES string of the molecule is Cc1nn(Cc2ccccc2Cl)c(C)c1/C=C/C(=O)N(C)CC(=O)Nc1ccccc1. The van der Waals surface area contributed by atoms with E-state index in [-0.39, 0.29) is 18.4 Å². The third kappa shape index (κ3) is 5.83. The third-order valence-electron chi connectivity index (χ3n) is 4.92. The van der Waals surface area contributed by atoms with Crippen LogP contribution in [0.3, 0.4) is 0 Å². The van der Waals surface area contributed by atoms with Crippen LogP contribution in [0.15, 0.2) is 60.7 Å². The van der Waals surface area contributed by atoms with Crippen molar-refractivity contribution in [2.75, 3.05) is 18.9 Å². The van der Waals surface area contributed by atoms with Gasteiger partial charge in [-0.25, -0.2) is 0 Å². The molecule has 31 heavy (non-hydrogen) atoms. The molecule has 0 aliphatic carbocycles. The monoisotopic (exact) mass is 436 g/mol. The number of nitrogens with zero attached hydrogens (tertiary/aromatic N) is 3. The van der Waals surface area contributed by atoms with E-state index in [4.69, 9.17) is 11.6 Å². The molecule has 2 aromatic carbocycles. The summed E-state index contributed by atoms with van der Waals surface area (Å²) in [5, 5.41) is 8.04. The first-order valence-electron chi connectivity index (χ1n) is 9.90. The lowest BCUT2D eigenvalue weighted by molar-refractivity contribution is -0.129. The second kappa shape index (κ2) is 10.1. The number of halogens is 1. The van der Waals surface area contributed by atoms with Gasteiger partial charge in [0.2, 0.25) is 11.8 Å². The van der Waals surface area contributed by atoms with Crippen LogP contribution in [0.2, 0.25) is 5.02 Å². The highest BCUT2D eigenvalue weighted by Gasteiger charge is 2.13. The summed E-state index contributed by atoms with van der Waals surface area (Å²) in [6.07, 6.45) is 3.21. The van der Waals surface area contributed by atoms with Gasteiger partial charge < -0.3 is 10.2 Å². The Hall–Kier alpha value is -3.38. The van der Waals surface area contributed by atoms with Crippen LogP contribution in [0.5, 0.6) is 0 Å². The Kier molecular flexibility index (Phi) is 7.26. The molecule has 0 bridgehead atoms. The van der Waals surface area contributed by atoms with E-state index in [1.807, 2.05) is 61.0 Å². The van der Waals surface area contributed by atoms with Crippen LogP contribution in [0.4, 0.5) is 5.69 Å². The Bertz CT molecular complexity index is 1110. The van der Waals surface area contributed by atoms with Crippen molar-refractivity contribution >= 4 is 35.2 Å². The first-order chi connectivity index (χ1) is 14.8. The van der Waals surface area contributed by atoms with E-state index in [1.165, 1.54) is 11.0 Å². The summed E-state index contributed by atoms with van der Waals surface area (Å²) >= 11 is 6.27. The standard InChI is InChI=1S/C24H25ClN4O2/c1-17-21(18(2)29(27-17)15-19-9-7-8-12-22(19)25)13-14-24(31)28(3)16-23(30)26-20-10-5-4-6-11-20/h4-14H,15-16H2,1-3H3,(H,26,30)/b14-13+. The summed E-state index contributed by atoms with van der Waals surface area (Å²) < 4.78 is 1.87. The topological polar surface area (TPSA) is 67.2 Å². The molecule has 1 N–H and O–H groups in total. The largest absolute Gasteiger partial charge is 0.333 e. The predicted molar refractivity (Wildman–Crippen MR) is 124 cm³/mol. The number of carbonyl (C=O) groups is 2. The Morgan fingerprint density at radius 1 is 1.10 bits per heavy atom. The quantitative estimate of drug-likeness (QED) is 0.561. The number of para-hydroxylation sites is 1. The molecule has 160 valence electrons. The van der Waals surface area contributed by atoms with Gasteiger partial charge in [-0.2, -0.15) is 5.10 Å². The van der Waals surface area contributed by atoms with Crippen molar-refractivity contribution < 1.29 is 9.59 Å². The minimum Gasteiger partial charge on any atom is -0.333 e. The molecule has 0 aliphatic heterocycles. The fraction of sp³-hybridized carbons (Fsp3) is 0.208. The smallest absolute Gasteiger partial charge is 0.246 e. The molecule has 0 saturated carbocycles. The zero-order valence-electron chi connectivity index (χ0n) is 17.8. The molecular formula is C24H25ClN4O2. The summed E-state index contributed by atoms with van der Waals surface area (Å²) in [5.41, 5.74) is 4.30. The predicted octanol–water partition coefficient (Wildman–Crippen LogP) is 4.31. The van der Waals surface area contributed by atoms with Crippen molar-refractivity contribution in [2.24, 2.45) is 0 Å². The van der Waals surface area contributed by atoms with E-state index >= 15 is 0 Å². The summed E-state index contributed by atoms with van der Waals surface area (Å²) in [6.45, 7) is 4.37. The van der Waals surface area contributed by atoms with Crippen molar-refractivity contribution in [3.8, 4) is 0 Å². The van der Waals surface area contributed by atoms with Gasteiger partial charge in [-0.15, -0.1) is 0 Å². The number of nitrogens with one attached hydrogen (secondary N) is 1. The molecule has 1 aromatic heterocycles. The number of aromatic nitrogens is 2. The average Bonchev–Trinajstić information content (AvgIpc) is 3.01. The number of hydrogen-bond donors (Lipinski definition) is 1. The molecule has 1 heterocycles. The molecule has 0 saturated heterocycles. The van der Waals surface area contributed by atoms with E-state index in [0.29, 0.717) is 17.3 Å². The molecule has 7 heteroatoms. The minimum atomic E-state index is -0.263. The van der Waals surface area contributed by atoms with Crippen LogP contribution in [0.25, 0.3) is 6.08 Å². The lowest BCUT2D eigenvalue weighted by Gasteiger charge is -2.14. The van der Waals surface area contributed by atoms with Crippen molar-refractivity contribution in [3.05, 3.63) is 88.2 Å². The van der Waals surface area contributed by atoms with E-state index in [2.05, 4.69) is 10.4 Å². The maximum atomic E-state index is 12.5. The Labute approximate surface area is 187 Å². The number of rotatable bonds is 7. The molecule has 0 atom stereocenters. The molecule has 3 aromatic rings. The van der Waals surface area contributed by atoms with Crippen LogP contribution >= 0.6 is 11.6 Å². The van der Waals surface area contributed by atoms with Crippen LogP contribution in [-0.4, -0.2) is 40.1 Å². The van der Waals surface area contributed by atoms with Crippen LogP contribution < -0.4 is 5.32 Å². The number of hydrogen-bond acceptors (Lipinski definition) is 3. The van der Waals surface area contributed by atoms with E-state index < -0.39 is 0 Å². The Morgan fingerprint density at radius 3 is 2.48 bits per heavy atom. The second-order valence-electron chi connectivity index (χ2n) is 7.28. The van der Waals surface area contributed by atoms with E-state index in [9.17, 15) is 9.59 Å². The van der Waals surface area contributed by atoms with Gasteiger partial charge >= 0.3 is 0 Å². The maximum absolute atomic E-state index is 12.5. The second-order valence-corrected chi connectivity index (χ2v) is 7.68. The normalized spacial score (nSPS) is 11.0. The summed E-state index contributed by atoms with van der Waals surface area (Å²) in [4.78, 5) is 26.0. The minimum absolute atomic E-state index is 0.0399. The summed E-state index contributed by atoms with van der Waals surface area (Å²) in [6, 6.07) is 16.8. The number of aryl methyl sites for hydroxylation is 1. The number of likely N-dealkylation sites (N-methyl/N-ethyl adjacent to an activating group) is 1. The highest BCUT2D eigenvalue weighted by atomic mass is 35.5. The molecule has 0 aliphatic rings. The van der Waals surface area contributed by atoms with Crippen molar-refractivity contribution in [1.29, 1.82) is 0 Å². The van der Waals surface area contributed by atoms with E-state index in [0.717, 1.165) is 22.5 Å². The molecule has 6 nitrogen and oxygen atoms in total. The molecular weight excluding hydrogens is 412 g/mol. The van der Waals surface area contributed by atoms with Gasteiger partial charge in [0.25, 0.3) is 0 Å². The average molecular weight is 437 g/mol. The fourth-order valence-corrected chi connectivity index (χ4v) is 3.39. The van der Waals surface area contributed by atoms with Gasteiger partial charge in [-0.1, -0.05) is 48.0 Å². The van der Waals surface area contributed by atoms with Gasteiger partial charge in [-0.3, -0.25) is 14.3 Å². The van der Waals surface area contributed by atoms with Gasteiger partial charge in [0.15, 0.2) is 0 Å². The van der Waals surface area contributed by atoms with Gasteiger partial charge in [0.1, 0.15) is 0 Å². The highest BCUT2D eigenvalue weighted by Crippen LogP contribution is 2.20. The van der Waals surface area contributed by atoms with Crippen LogP contribution in [-0.2, 0) is 16.1 Å². The lowest BCUT2D eigenvalue weighted by atomic mass is 10.1. The number of amides is 2. The zero-order chi connectivity index (χ0) is 22.4. The first-order valence-corrected chi connectivity index (χ1v) is 10.3. The fourth-order valence-electron chi connectivity index (χ4n) is 3.19. The Balaban J connectivity index is 1.64. The van der Waals surface area contributed by atoms with Crippen molar-refractivity contribution in [3.63, 3.8) is 0 Å². The third-order valence-corrected chi connectivity index (χ3v) is 5.29.